The van der Waals surface area contributed by atoms with Gasteiger partial charge in [-0.25, -0.2) is 9.36 Å². The summed E-state index contributed by atoms with van der Waals surface area (Å²) in [7, 11) is 0. The molecule has 16 heteroatoms. The summed E-state index contributed by atoms with van der Waals surface area (Å²) in [6.07, 6.45) is 4.73. The molecule has 0 bridgehead atoms. The highest BCUT2D eigenvalue weighted by Gasteiger charge is 2.54. The number of benzene rings is 1. The first-order valence-corrected chi connectivity index (χ1v) is 16.7. The number of aliphatic carboxylic acids is 2. The van der Waals surface area contributed by atoms with Gasteiger partial charge in [-0.3, -0.25) is 19.3 Å². The van der Waals surface area contributed by atoms with Gasteiger partial charge in [0.1, 0.15) is 29.7 Å². The molecule has 2 amide bonds. The molecule has 0 spiro atoms. The van der Waals surface area contributed by atoms with Gasteiger partial charge in [-0.05, 0) is 24.1 Å². The molecule has 5 N–H and O–H groups in total. The number of thioether (sulfide) groups is 3. The Hall–Kier alpha value is -2.13. The standard InChI is InChI=1S/C26H25Cl3N4O6S3/c27-15-8-17(29)19(9-16(15)28)41-12-20(34)31-21-23(35)33-22(26(38)39)13(11-42-24(21)33)10-40-14-3-6-32(7-4-14)5-1-2-18(30)25(36)37/h3-4,6-9,18,21,24H,1-2,5,10-12,30H2,(H2-,31,34,36,37,38,39)/p+1/t18-,21+,24+/m0/s1. The number of pyridine rings is 1. The van der Waals surface area contributed by atoms with E-state index in [0.717, 1.165) is 16.7 Å². The fourth-order valence-electron chi connectivity index (χ4n) is 4.24. The third-order valence-corrected chi connectivity index (χ3v) is 11.1. The van der Waals surface area contributed by atoms with Gasteiger partial charge in [0.05, 0.1) is 20.8 Å². The number of carboxylic acids is 2. The van der Waals surface area contributed by atoms with E-state index in [-0.39, 0.29) is 11.4 Å². The van der Waals surface area contributed by atoms with Gasteiger partial charge >= 0.3 is 11.9 Å². The topological polar surface area (TPSA) is 154 Å². The number of carboxylic acid groups (broad SMARTS) is 2. The number of hydrogen-bond donors (Lipinski definition) is 4. The van der Waals surface area contributed by atoms with Crippen molar-refractivity contribution in [1.82, 2.24) is 10.2 Å². The molecule has 3 heterocycles. The number of aromatic nitrogens is 1. The van der Waals surface area contributed by atoms with E-state index in [1.165, 1.54) is 34.5 Å². The molecule has 1 fully saturated rings. The zero-order valence-electron chi connectivity index (χ0n) is 21.8. The zero-order chi connectivity index (χ0) is 30.6. The number of β-lactam (4-membered cyclic amide) rings is 1. The summed E-state index contributed by atoms with van der Waals surface area (Å²) in [4.78, 5) is 51.3. The van der Waals surface area contributed by atoms with Gasteiger partial charge in [-0.15, -0.1) is 35.3 Å². The molecular formula is C26H26Cl3N4O6S3+. The molecule has 2 aliphatic rings. The van der Waals surface area contributed by atoms with Gasteiger partial charge in [0.15, 0.2) is 12.4 Å². The van der Waals surface area contributed by atoms with Crippen LogP contribution >= 0.6 is 70.1 Å². The molecule has 0 radical (unpaired) electrons. The summed E-state index contributed by atoms with van der Waals surface area (Å²) >= 11 is 22.1. The quantitative estimate of drug-likeness (QED) is 0.106. The molecule has 4 rings (SSSR count). The van der Waals surface area contributed by atoms with Crippen LogP contribution in [0.5, 0.6) is 0 Å². The maximum Gasteiger partial charge on any atom is 0.352 e. The van der Waals surface area contributed by atoms with Gasteiger partial charge in [-0.2, -0.15) is 0 Å². The molecule has 1 aromatic heterocycles. The molecule has 0 aliphatic carbocycles. The molecule has 42 heavy (non-hydrogen) atoms. The number of fused-ring (bicyclic) bond motifs is 1. The van der Waals surface area contributed by atoms with Gasteiger partial charge in [0.25, 0.3) is 5.91 Å². The van der Waals surface area contributed by atoms with Crippen molar-refractivity contribution in [3.63, 3.8) is 0 Å². The largest absolute Gasteiger partial charge is 0.480 e. The molecule has 2 aliphatic heterocycles. The van der Waals surface area contributed by atoms with Crippen molar-refractivity contribution in [2.75, 3.05) is 17.3 Å². The number of nitrogens with two attached hydrogens (primary N) is 1. The van der Waals surface area contributed by atoms with Crippen LogP contribution in [0.25, 0.3) is 0 Å². The second kappa shape index (κ2) is 14.6. The summed E-state index contributed by atoms with van der Waals surface area (Å²) in [5.74, 6) is -2.31. The van der Waals surface area contributed by atoms with Crippen molar-refractivity contribution < 1.29 is 34.0 Å². The van der Waals surface area contributed by atoms with Crippen LogP contribution in [0.4, 0.5) is 0 Å². The molecule has 3 atom stereocenters. The van der Waals surface area contributed by atoms with Gasteiger partial charge < -0.3 is 21.3 Å². The number of amides is 2. The number of aryl methyl sites for hydroxylation is 1. The van der Waals surface area contributed by atoms with Crippen LogP contribution in [-0.2, 0) is 25.7 Å². The lowest BCUT2D eigenvalue weighted by Gasteiger charge is -2.49. The first-order valence-electron chi connectivity index (χ1n) is 12.5. The zero-order valence-corrected chi connectivity index (χ0v) is 26.5. The lowest BCUT2D eigenvalue weighted by Crippen LogP contribution is -2.70. The highest BCUT2D eigenvalue weighted by atomic mass is 35.5. The molecule has 224 valence electrons. The minimum atomic E-state index is -1.19. The lowest BCUT2D eigenvalue weighted by atomic mass is 10.0. The van der Waals surface area contributed by atoms with Crippen molar-refractivity contribution >= 4 is 93.8 Å². The number of carbonyl (C=O) groups is 4. The molecule has 1 saturated heterocycles. The van der Waals surface area contributed by atoms with Crippen molar-refractivity contribution in [3.8, 4) is 0 Å². The average molecular weight is 693 g/mol. The lowest BCUT2D eigenvalue weighted by molar-refractivity contribution is -0.697. The summed E-state index contributed by atoms with van der Waals surface area (Å²) < 4.78 is 1.92. The predicted octanol–water partition coefficient (Wildman–Crippen LogP) is 3.75. The van der Waals surface area contributed by atoms with Crippen LogP contribution in [0.3, 0.4) is 0 Å². The summed E-state index contributed by atoms with van der Waals surface area (Å²) in [6.45, 7) is 0.620. The fourth-order valence-corrected chi connectivity index (χ4v) is 8.16. The molecular weight excluding hydrogens is 667 g/mol. The van der Waals surface area contributed by atoms with Crippen LogP contribution in [-0.4, -0.2) is 73.6 Å². The second-order valence-electron chi connectivity index (χ2n) is 9.35. The van der Waals surface area contributed by atoms with E-state index in [1.54, 1.807) is 6.07 Å². The van der Waals surface area contributed by atoms with Gasteiger partial charge in [-0.1, -0.05) is 34.8 Å². The van der Waals surface area contributed by atoms with Crippen LogP contribution < -0.4 is 15.6 Å². The molecule has 0 unspecified atom stereocenters. The van der Waals surface area contributed by atoms with E-state index in [9.17, 15) is 24.3 Å². The van der Waals surface area contributed by atoms with Gasteiger partial charge in [0, 0.05) is 39.9 Å². The SMILES string of the molecule is N[C@@H](CCC[n+]1ccc(SCC2=C(C(=O)O)N3C(=O)[C@@H](NC(=O)CSc4cc(Cl)c(Cl)cc4Cl)[C@H]3SC2)cc1)C(=O)O. The Bertz CT molecular complexity index is 1430. The highest BCUT2D eigenvalue weighted by molar-refractivity contribution is 8.01. The maximum atomic E-state index is 13.0. The van der Waals surface area contributed by atoms with E-state index in [4.69, 9.17) is 45.6 Å². The van der Waals surface area contributed by atoms with Crippen LogP contribution in [0.15, 0.2) is 57.7 Å². The van der Waals surface area contributed by atoms with Gasteiger partial charge in [0.2, 0.25) is 5.91 Å². The Kier molecular flexibility index (Phi) is 11.4. The second-order valence-corrected chi connectivity index (χ2v) is 13.7. The number of hydrogen-bond acceptors (Lipinski definition) is 8. The summed E-state index contributed by atoms with van der Waals surface area (Å²) in [6, 6.07) is 5.14. The predicted molar refractivity (Wildman–Crippen MR) is 164 cm³/mol. The summed E-state index contributed by atoms with van der Waals surface area (Å²) in [5, 5.41) is 22.0. The average Bonchev–Trinajstić information content (AvgIpc) is 2.95. The third kappa shape index (κ3) is 7.87. The molecule has 0 saturated carbocycles. The molecule has 1 aromatic carbocycles. The maximum absolute atomic E-state index is 13.0. The first-order chi connectivity index (χ1) is 20.0. The minimum Gasteiger partial charge on any atom is -0.480 e. The normalized spacial score (nSPS) is 18.8. The first kappa shape index (κ1) is 32.8. The highest BCUT2D eigenvalue weighted by Crippen LogP contribution is 2.42. The Labute approximate surface area is 269 Å². The Morgan fingerprint density at radius 3 is 2.48 bits per heavy atom. The number of rotatable bonds is 13. The third-order valence-electron chi connectivity index (χ3n) is 6.42. The number of nitrogens with one attached hydrogen (secondary N) is 1. The Morgan fingerprint density at radius 1 is 1.12 bits per heavy atom. The van der Waals surface area contributed by atoms with E-state index >= 15 is 0 Å². The minimum absolute atomic E-state index is 0.0185. The van der Waals surface area contributed by atoms with Crippen LogP contribution in [0.2, 0.25) is 15.1 Å². The van der Waals surface area contributed by atoms with Crippen LogP contribution in [0.1, 0.15) is 12.8 Å². The van der Waals surface area contributed by atoms with Crippen molar-refractivity contribution in [3.05, 3.63) is 63.0 Å². The van der Waals surface area contributed by atoms with E-state index in [0.29, 0.717) is 56.4 Å². The Balaban J connectivity index is 1.31. The molecule has 10 nitrogen and oxygen atoms in total. The monoisotopic (exact) mass is 691 g/mol. The van der Waals surface area contributed by atoms with E-state index in [1.807, 2.05) is 29.1 Å². The Morgan fingerprint density at radius 2 is 1.81 bits per heavy atom. The van der Waals surface area contributed by atoms with Crippen molar-refractivity contribution in [2.24, 2.45) is 5.73 Å². The number of carbonyl (C=O) groups excluding carboxylic acids is 2. The number of halogens is 3. The van der Waals surface area contributed by atoms with Crippen molar-refractivity contribution in [2.45, 2.75) is 46.6 Å². The number of nitrogens with zero attached hydrogens (tertiary/aromatic N) is 2. The van der Waals surface area contributed by atoms with Crippen LogP contribution in [0, 0.1) is 0 Å². The smallest absolute Gasteiger partial charge is 0.352 e. The summed E-state index contributed by atoms with van der Waals surface area (Å²) in [5.41, 5.74) is 6.12. The van der Waals surface area contributed by atoms with Crippen molar-refractivity contribution in [1.29, 1.82) is 0 Å². The van der Waals surface area contributed by atoms with E-state index in [2.05, 4.69) is 5.32 Å². The van der Waals surface area contributed by atoms with E-state index < -0.39 is 41.2 Å². The molecule has 2 aromatic rings. The fraction of sp³-hybridized carbons (Fsp3) is 0.346.